The van der Waals surface area contributed by atoms with Crippen LogP contribution in [0.5, 0.6) is 0 Å². The Morgan fingerprint density at radius 1 is 1.00 bits per heavy atom. The van der Waals surface area contributed by atoms with Gasteiger partial charge in [-0.3, -0.25) is 4.79 Å². The van der Waals surface area contributed by atoms with E-state index in [1.54, 1.807) is 6.07 Å². The molecule has 0 saturated heterocycles. The predicted molar refractivity (Wildman–Crippen MR) is 84.9 cm³/mol. The van der Waals surface area contributed by atoms with Gasteiger partial charge in [0.25, 0.3) is 0 Å². The number of carboxylic acids is 1. The minimum Gasteiger partial charge on any atom is -0.476 e. The number of aromatic carboxylic acids is 1. The molecular weight excluding hydrogens is 296 g/mol. The van der Waals surface area contributed by atoms with Crippen LogP contribution in [0.1, 0.15) is 10.5 Å². The number of hydrogen-bond donors (Lipinski definition) is 3. The molecule has 2 aromatic heterocycles. The number of pyridine rings is 1. The van der Waals surface area contributed by atoms with E-state index in [2.05, 4.69) is 15.0 Å². The van der Waals surface area contributed by atoms with Gasteiger partial charge in [0.1, 0.15) is 0 Å². The summed E-state index contributed by atoms with van der Waals surface area (Å²) >= 11 is 0. The van der Waals surface area contributed by atoms with Gasteiger partial charge < -0.3 is 15.8 Å². The molecule has 0 saturated carbocycles. The highest BCUT2D eigenvalue weighted by Crippen LogP contribution is 2.29. The lowest BCUT2D eigenvalue weighted by Crippen LogP contribution is -2.11. The monoisotopic (exact) mass is 308 g/mol. The van der Waals surface area contributed by atoms with Crippen LogP contribution in [0.3, 0.4) is 0 Å². The van der Waals surface area contributed by atoms with Crippen molar-refractivity contribution >= 4 is 11.8 Å². The maximum Gasteiger partial charge on any atom is 0.358 e. The van der Waals surface area contributed by atoms with Crippen LogP contribution in [-0.2, 0) is 0 Å². The van der Waals surface area contributed by atoms with Crippen molar-refractivity contribution in [3.05, 3.63) is 64.7 Å². The highest BCUT2D eigenvalue weighted by Gasteiger charge is 2.19. The fourth-order valence-corrected chi connectivity index (χ4v) is 2.16. The number of nitrogens with one attached hydrogen (secondary N) is 1. The molecule has 4 N–H and O–H groups in total. The lowest BCUT2D eigenvalue weighted by molar-refractivity contribution is 0.0691. The number of rotatable bonds is 3. The minimum atomic E-state index is -1.26. The van der Waals surface area contributed by atoms with E-state index in [0.29, 0.717) is 17.0 Å². The molecule has 0 radical (unpaired) electrons. The molecule has 0 amide bonds. The summed E-state index contributed by atoms with van der Waals surface area (Å²) in [4.78, 5) is 33.4. The van der Waals surface area contributed by atoms with Crippen LogP contribution in [0.4, 0.5) is 5.82 Å². The molecule has 0 aliphatic rings. The van der Waals surface area contributed by atoms with Crippen LogP contribution in [0, 0.1) is 0 Å². The van der Waals surface area contributed by atoms with E-state index in [1.165, 1.54) is 12.3 Å². The average molecular weight is 308 g/mol. The van der Waals surface area contributed by atoms with Crippen molar-refractivity contribution < 1.29 is 9.90 Å². The first-order valence-electron chi connectivity index (χ1n) is 6.71. The van der Waals surface area contributed by atoms with E-state index in [1.807, 2.05) is 30.3 Å². The number of anilines is 1. The lowest BCUT2D eigenvalue weighted by Gasteiger charge is -2.11. The Morgan fingerprint density at radius 2 is 1.70 bits per heavy atom. The van der Waals surface area contributed by atoms with Crippen molar-refractivity contribution in [3.8, 4) is 22.5 Å². The second-order valence-electron chi connectivity index (χ2n) is 4.77. The summed E-state index contributed by atoms with van der Waals surface area (Å²) in [5.74, 6) is -1.43. The van der Waals surface area contributed by atoms with Gasteiger partial charge in [0, 0.05) is 23.4 Å². The number of carboxylic acid groups (broad SMARTS) is 1. The summed E-state index contributed by atoms with van der Waals surface area (Å²) in [6.07, 6.45) is 1.46. The third-order valence-electron chi connectivity index (χ3n) is 3.23. The van der Waals surface area contributed by atoms with Crippen molar-refractivity contribution in [2.45, 2.75) is 0 Å². The number of benzene rings is 1. The standard InChI is InChI=1S/C16H12N4O3/c17-15-14(16(22)23)19-13(10-6-7-11(21)18-8-10)12(20-15)9-4-2-1-3-5-9/h1-8H,(H2,17,20)(H,18,21)(H,22,23). The Hall–Kier alpha value is -3.48. The largest absolute Gasteiger partial charge is 0.476 e. The first-order valence-corrected chi connectivity index (χ1v) is 6.71. The molecule has 0 aliphatic carbocycles. The predicted octanol–water partition coefficient (Wildman–Crippen LogP) is 1.78. The number of aromatic nitrogens is 3. The van der Waals surface area contributed by atoms with Crippen molar-refractivity contribution in [2.24, 2.45) is 0 Å². The molecule has 0 unspecified atom stereocenters. The third kappa shape index (κ3) is 2.80. The van der Waals surface area contributed by atoms with E-state index >= 15 is 0 Å². The van der Waals surface area contributed by atoms with Crippen LogP contribution in [0.25, 0.3) is 22.5 Å². The molecule has 1 aromatic carbocycles. The smallest absolute Gasteiger partial charge is 0.358 e. The number of aromatic amines is 1. The number of hydrogen-bond acceptors (Lipinski definition) is 5. The molecule has 0 spiro atoms. The van der Waals surface area contributed by atoms with E-state index in [4.69, 9.17) is 5.73 Å². The Labute approximate surface area is 130 Å². The Morgan fingerprint density at radius 3 is 2.30 bits per heavy atom. The first kappa shape index (κ1) is 14.5. The van der Waals surface area contributed by atoms with Gasteiger partial charge in [-0.1, -0.05) is 30.3 Å². The van der Waals surface area contributed by atoms with Crippen LogP contribution in [-0.4, -0.2) is 26.0 Å². The van der Waals surface area contributed by atoms with Gasteiger partial charge in [-0.25, -0.2) is 14.8 Å². The number of carbonyl (C=O) groups is 1. The zero-order valence-electron chi connectivity index (χ0n) is 11.9. The molecule has 3 aromatic rings. The molecule has 0 fully saturated rings. The Bertz CT molecular complexity index is 915. The maximum atomic E-state index is 11.3. The minimum absolute atomic E-state index is 0.162. The van der Waals surface area contributed by atoms with Crippen molar-refractivity contribution in [3.63, 3.8) is 0 Å². The number of nitrogens with two attached hydrogens (primary N) is 1. The molecule has 7 heteroatoms. The van der Waals surface area contributed by atoms with E-state index < -0.39 is 5.97 Å². The van der Waals surface area contributed by atoms with Gasteiger partial charge in [0.05, 0.1) is 11.4 Å². The number of nitrogens with zero attached hydrogens (tertiary/aromatic N) is 2. The summed E-state index contributed by atoms with van der Waals surface area (Å²) < 4.78 is 0. The van der Waals surface area contributed by atoms with Crippen LogP contribution >= 0.6 is 0 Å². The molecule has 114 valence electrons. The summed E-state index contributed by atoms with van der Waals surface area (Å²) in [6.45, 7) is 0. The Balaban J connectivity index is 2.30. The molecule has 3 rings (SSSR count). The first-order chi connectivity index (χ1) is 11.1. The van der Waals surface area contributed by atoms with Crippen LogP contribution in [0.2, 0.25) is 0 Å². The Kier molecular flexibility index (Phi) is 3.60. The highest BCUT2D eigenvalue weighted by atomic mass is 16.4. The number of H-pyrrole nitrogens is 1. The van der Waals surface area contributed by atoms with Crippen LogP contribution < -0.4 is 11.3 Å². The zero-order chi connectivity index (χ0) is 16.4. The zero-order valence-corrected chi connectivity index (χ0v) is 11.9. The molecule has 0 aliphatic heterocycles. The molecule has 7 nitrogen and oxygen atoms in total. The number of nitrogen functional groups attached to an aromatic ring is 1. The van der Waals surface area contributed by atoms with Gasteiger partial charge in [0.2, 0.25) is 5.56 Å². The van der Waals surface area contributed by atoms with Gasteiger partial charge in [-0.15, -0.1) is 0 Å². The quantitative estimate of drug-likeness (QED) is 0.678. The van der Waals surface area contributed by atoms with Gasteiger partial charge in [0.15, 0.2) is 11.5 Å². The van der Waals surface area contributed by atoms with Crippen LogP contribution in [0.15, 0.2) is 53.5 Å². The van der Waals surface area contributed by atoms with Gasteiger partial charge >= 0.3 is 5.97 Å². The topological polar surface area (TPSA) is 122 Å². The second kappa shape index (κ2) is 5.72. The summed E-state index contributed by atoms with van der Waals surface area (Å²) in [7, 11) is 0. The summed E-state index contributed by atoms with van der Waals surface area (Å²) in [6, 6.07) is 12.0. The molecule has 23 heavy (non-hydrogen) atoms. The lowest BCUT2D eigenvalue weighted by atomic mass is 10.1. The van der Waals surface area contributed by atoms with E-state index in [-0.39, 0.29) is 17.1 Å². The van der Waals surface area contributed by atoms with Crippen molar-refractivity contribution in [2.75, 3.05) is 5.73 Å². The second-order valence-corrected chi connectivity index (χ2v) is 4.77. The summed E-state index contributed by atoms with van der Waals surface area (Å²) in [5, 5.41) is 9.20. The molecular formula is C16H12N4O3. The maximum absolute atomic E-state index is 11.3. The fraction of sp³-hybridized carbons (Fsp3) is 0. The van der Waals surface area contributed by atoms with Crippen molar-refractivity contribution in [1.82, 2.24) is 15.0 Å². The molecule has 0 bridgehead atoms. The normalized spacial score (nSPS) is 10.4. The van der Waals surface area contributed by atoms with Gasteiger partial charge in [-0.2, -0.15) is 0 Å². The van der Waals surface area contributed by atoms with Crippen molar-refractivity contribution in [1.29, 1.82) is 0 Å². The van der Waals surface area contributed by atoms with Gasteiger partial charge in [-0.05, 0) is 6.07 Å². The highest BCUT2D eigenvalue weighted by molar-refractivity contribution is 5.92. The third-order valence-corrected chi connectivity index (χ3v) is 3.23. The average Bonchev–Trinajstić information content (AvgIpc) is 2.56. The summed E-state index contributed by atoms with van der Waals surface area (Å²) in [5.41, 5.74) is 7.18. The molecule has 0 atom stereocenters. The van der Waals surface area contributed by atoms with E-state index in [0.717, 1.165) is 5.56 Å². The SMILES string of the molecule is Nc1nc(-c2ccccc2)c(-c2ccc(=O)[nH]c2)nc1C(=O)O. The molecule has 2 heterocycles. The fourth-order valence-electron chi connectivity index (χ4n) is 2.16. The van der Waals surface area contributed by atoms with E-state index in [9.17, 15) is 14.7 Å².